The van der Waals surface area contributed by atoms with E-state index < -0.39 is 9.84 Å². The van der Waals surface area contributed by atoms with Crippen molar-refractivity contribution in [1.82, 2.24) is 4.90 Å². The number of rotatable bonds is 7. The average molecular weight is 424 g/mol. The number of ether oxygens (including phenoxy) is 2. The van der Waals surface area contributed by atoms with Gasteiger partial charge in [-0.25, -0.2) is 8.42 Å². The monoisotopic (exact) mass is 423 g/mol. The van der Waals surface area contributed by atoms with E-state index in [0.29, 0.717) is 29.5 Å². The van der Waals surface area contributed by atoms with Crippen LogP contribution in [0.3, 0.4) is 0 Å². The molecule has 1 atom stereocenters. The first-order valence-corrected chi connectivity index (χ1v) is 11.1. The fraction of sp³-hybridized carbons (Fsp3) is 0.350. The molecule has 1 saturated heterocycles. The Kier molecular flexibility index (Phi) is 6.46. The second kappa shape index (κ2) is 8.84. The van der Waals surface area contributed by atoms with Gasteiger partial charge in [-0.05, 0) is 48.4 Å². The van der Waals surface area contributed by atoms with E-state index >= 15 is 0 Å². The van der Waals surface area contributed by atoms with Crippen molar-refractivity contribution in [2.45, 2.75) is 19.0 Å². The van der Waals surface area contributed by atoms with Gasteiger partial charge in [-0.3, -0.25) is 4.79 Å². The second-order valence-corrected chi connectivity index (χ2v) is 9.34. The van der Waals surface area contributed by atoms with Gasteiger partial charge >= 0.3 is 0 Å². The van der Waals surface area contributed by atoms with Crippen molar-refractivity contribution >= 4 is 27.3 Å². The van der Waals surface area contributed by atoms with E-state index in [1.807, 2.05) is 24.3 Å². The summed E-state index contributed by atoms with van der Waals surface area (Å²) in [6.45, 7) is 0.113. The number of carbonyl (C=O) groups is 1. The zero-order chi connectivity index (χ0) is 20.1. The topological polar surface area (TPSA) is 72.9 Å². The summed E-state index contributed by atoms with van der Waals surface area (Å²) in [4.78, 5) is 14.5. The maximum Gasteiger partial charge on any atom is 0.261 e. The fourth-order valence-electron chi connectivity index (χ4n) is 3.17. The Morgan fingerprint density at radius 1 is 1.18 bits per heavy atom. The Morgan fingerprint density at radius 2 is 1.93 bits per heavy atom. The highest BCUT2D eigenvalue weighted by Crippen LogP contribution is 2.22. The van der Waals surface area contributed by atoms with E-state index in [2.05, 4.69) is 0 Å². The van der Waals surface area contributed by atoms with Crippen molar-refractivity contribution < 1.29 is 22.7 Å². The predicted octanol–water partition coefficient (Wildman–Crippen LogP) is 2.94. The molecule has 150 valence electrons. The molecule has 6 nitrogen and oxygen atoms in total. The third-order valence-electron chi connectivity index (χ3n) is 4.63. The summed E-state index contributed by atoms with van der Waals surface area (Å²) < 4.78 is 34.7. The number of amides is 1. The Bertz CT molecular complexity index is 930. The van der Waals surface area contributed by atoms with Crippen LogP contribution in [0.15, 0.2) is 48.5 Å². The van der Waals surface area contributed by atoms with Crippen LogP contribution in [-0.2, 0) is 21.2 Å². The van der Waals surface area contributed by atoms with Gasteiger partial charge < -0.3 is 14.4 Å². The molecule has 2 aromatic carbocycles. The highest BCUT2D eigenvalue weighted by Gasteiger charge is 2.34. The molecule has 0 bridgehead atoms. The molecule has 0 aliphatic carbocycles. The number of sulfone groups is 1. The van der Waals surface area contributed by atoms with Gasteiger partial charge in [-0.15, -0.1) is 0 Å². The highest BCUT2D eigenvalue weighted by atomic mass is 35.5. The smallest absolute Gasteiger partial charge is 0.261 e. The van der Waals surface area contributed by atoms with Gasteiger partial charge in [0, 0.05) is 17.6 Å². The molecule has 8 heteroatoms. The number of nitrogens with zero attached hydrogens (tertiary/aromatic N) is 1. The van der Waals surface area contributed by atoms with Crippen LogP contribution in [0.2, 0.25) is 5.02 Å². The Hall–Kier alpha value is -2.25. The average Bonchev–Trinajstić information content (AvgIpc) is 3.05. The van der Waals surface area contributed by atoms with Crippen LogP contribution < -0.4 is 9.47 Å². The highest BCUT2D eigenvalue weighted by molar-refractivity contribution is 7.91. The first kappa shape index (κ1) is 20.5. The number of benzene rings is 2. The Morgan fingerprint density at radius 3 is 2.57 bits per heavy atom. The van der Waals surface area contributed by atoms with Crippen LogP contribution in [0.4, 0.5) is 0 Å². The number of halogens is 1. The van der Waals surface area contributed by atoms with Gasteiger partial charge in [0.05, 0.1) is 18.6 Å². The lowest BCUT2D eigenvalue weighted by Gasteiger charge is -2.28. The minimum absolute atomic E-state index is 0.0242. The van der Waals surface area contributed by atoms with Crippen molar-refractivity contribution in [3.05, 3.63) is 59.1 Å². The van der Waals surface area contributed by atoms with Crippen LogP contribution in [0.5, 0.6) is 11.5 Å². The van der Waals surface area contributed by atoms with Crippen LogP contribution >= 0.6 is 11.6 Å². The van der Waals surface area contributed by atoms with Gasteiger partial charge in [-0.2, -0.15) is 0 Å². The lowest BCUT2D eigenvalue weighted by Crippen LogP contribution is -2.43. The fourth-order valence-corrected chi connectivity index (χ4v) is 5.03. The van der Waals surface area contributed by atoms with E-state index in [0.717, 1.165) is 5.56 Å². The van der Waals surface area contributed by atoms with E-state index in [1.54, 1.807) is 36.3 Å². The molecule has 28 heavy (non-hydrogen) atoms. The van der Waals surface area contributed by atoms with Crippen molar-refractivity contribution in [1.29, 1.82) is 0 Å². The normalized spacial score (nSPS) is 17.9. The molecule has 0 radical (unpaired) electrons. The molecule has 0 spiro atoms. The van der Waals surface area contributed by atoms with Gasteiger partial charge in [0.1, 0.15) is 11.5 Å². The minimum atomic E-state index is -3.13. The van der Waals surface area contributed by atoms with Crippen molar-refractivity contribution in [2.24, 2.45) is 0 Å². The summed E-state index contributed by atoms with van der Waals surface area (Å²) in [5.41, 5.74) is 0.864. The lowest BCUT2D eigenvalue weighted by atomic mass is 10.1. The molecule has 1 fully saturated rings. The molecule has 0 unspecified atom stereocenters. The zero-order valence-electron chi connectivity index (χ0n) is 15.5. The van der Waals surface area contributed by atoms with Crippen LogP contribution in [0, 0.1) is 0 Å². The van der Waals surface area contributed by atoms with Crippen LogP contribution in [0.1, 0.15) is 12.0 Å². The van der Waals surface area contributed by atoms with Crippen molar-refractivity contribution in [2.75, 3.05) is 25.2 Å². The van der Waals surface area contributed by atoms with Gasteiger partial charge in [0.15, 0.2) is 16.4 Å². The first-order chi connectivity index (χ1) is 13.4. The standard InChI is InChI=1S/C20H22ClNO5S/c1-26-19-4-2-3-15(11-19)12-22(17-9-10-28(24,25)14-17)20(23)13-27-18-7-5-16(21)6-8-18/h2-8,11,17H,9-10,12-14H2,1H3/t17-/m1/s1. The molecule has 3 rings (SSSR count). The molecule has 1 heterocycles. The van der Waals surface area contributed by atoms with Crippen LogP contribution in [-0.4, -0.2) is 50.5 Å². The number of hydrogen-bond acceptors (Lipinski definition) is 5. The third kappa shape index (κ3) is 5.39. The van der Waals surface area contributed by atoms with Gasteiger partial charge in [0.25, 0.3) is 5.91 Å². The molecular weight excluding hydrogens is 402 g/mol. The summed E-state index contributed by atoms with van der Waals surface area (Å²) in [6, 6.07) is 13.7. The molecule has 1 aliphatic rings. The summed E-state index contributed by atoms with van der Waals surface area (Å²) >= 11 is 5.85. The quantitative estimate of drug-likeness (QED) is 0.684. The number of carbonyl (C=O) groups excluding carboxylic acids is 1. The molecule has 0 N–H and O–H groups in total. The Labute approximate surface area is 169 Å². The SMILES string of the molecule is COc1cccc(CN(C(=O)COc2ccc(Cl)cc2)[C@@H]2CCS(=O)(=O)C2)c1. The third-order valence-corrected chi connectivity index (χ3v) is 6.63. The number of methoxy groups -OCH3 is 1. The zero-order valence-corrected chi connectivity index (χ0v) is 17.1. The lowest BCUT2D eigenvalue weighted by molar-refractivity contribution is -0.136. The molecule has 2 aromatic rings. The maximum absolute atomic E-state index is 12.9. The van der Waals surface area contributed by atoms with Crippen molar-refractivity contribution in [3.63, 3.8) is 0 Å². The maximum atomic E-state index is 12.9. The molecular formula is C20H22ClNO5S. The molecule has 1 amide bonds. The molecule has 0 aromatic heterocycles. The van der Waals surface area contributed by atoms with E-state index in [9.17, 15) is 13.2 Å². The van der Waals surface area contributed by atoms with E-state index in [4.69, 9.17) is 21.1 Å². The van der Waals surface area contributed by atoms with Crippen molar-refractivity contribution in [3.8, 4) is 11.5 Å². The van der Waals surface area contributed by atoms with Gasteiger partial charge in [-0.1, -0.05) is 23.7 Å². The van der Waals surface area contributed by atoms with Gasteiger partial charge in [0.2, 0.25) is 0 Å². The largest absolute Gasteiger partial charge is 0.497 e. The summed E-state index contributed by atoms with van der Waals surface area (Å²) in [6.07, 6.45) is 0.430. The minimum Gasteiger partial charge on any atom is -0.497 e. The summed E-state index contributed by atoms with van der Waals surface area (Å²) in [7, 11) is -1.55. The Balaban J connectivity index is 1.74. The summed E-state index contributed by atoms with van der Waals surface area (Å²) in [5.74, 6) is 1.01. The van der Waals surface area contributed by atoms with E-state index in [-0.39, 0.29) is 30.1 Å². The predicted molar refractivity (Wildman–Crippen MR) is 108 cm³/mol. The summed E-state index contributed by atoms with van der Waals surface area (Å²) in [5, 5.41) is 0.578. The first-order valence-electron chi connectivity index (χ1n) is 8.87. The van der Waals surface area contributed by atoms with Crippen LogP contribution in [0.25, 0.3) is 0 Å². The second-order valence-electron chi connectivity index (χ2n) is 6.67. The van der Waals surface area contributed by atoms with E-state index in [1.165, 1.54) is 0 Å². The number of hydrogen-bond donors (Lipinski definition) is 0. The molecule has 0 saturated carbocycles. The molecule has 1 aliphatic heterocycles.